The van der Waals surface area contributed by atoms with Gasteiger partial charge in [0.25, 0.3) is 0 Å². The van der Waals surface area contributed by atoms with E-state index in [0.717, 1.165) is 49.9 Å². The number of aromatic nitrogens is 1. The second-order valence-corrected chi connectivity index (χ2v) is 8.76. The maximum absolute atomic E-state index is 12.3. The van der Waals surface area contributed by atoms with Crippen molar-refractivity contribution in [2.45, 2.75) is 38.5 Å². The van der Waals surface area contributed by atoms with Crippen molar-refractivity contribution in [3.05, 3.63) is 66.4 Å². The number of piperidine rings is 1. The lowest BCUT2D eigenvalue weighted by Gasteiger charge is -2.35. The molecule has 2 aromatic carbocycles. The van der Waals surface area contributed by atoms with Gasteiger partial charge in [0, 0.05) is 36.2 Å². The van der Waals surface area contributed by atoms with Crippen LogP contribution in [0.2, 0.25) is 0 Å². The van der Waals surface area contributed by atoms with E-state index in [-0.39, 0.29) is 0 Å². The van der Waals surface area contributed by atoms with Crippen molar-refractivity contribution in [1.82, 2.24) is 9.88 Å². The summed E-state index contributed by atoms with van der Waals surface area (Å²) in [5.41, 5.74) is 4.81. The Labute approximate surface area is 172 Å². The summed E-state index contributed by atoms with van der Waals surface area (Å²) >= 11 is 0. The Morgan fingerprint density at radius 3 is 2.41 bits per heavy atom. The van der Waals surface area contributed by atoms with Gasteiger partial charge in [-0.2, -0.15) is 0 Å². The number of benzene rings is 2. The number of carbonyl (C=O) groups excluding carboxylic acids is 1. The number of hydrogen-bond acceptors (Lipinski definition) is 2. The molecule has 1 aliphatic heterocycles. The average molecular weight is 385 g/mol. The number of rotatable bonds is 4. The Bertz CT molecular complexity index is 1010. The first-order valence-electron chi connectivity index (χ1n) is 10.9. The maximum Gasteiger partial charge on any atom is 0.225 e. The van der Waals surface area contributed by atoms with Gasteiger partial charge in [0.15, 0.2) is 0 Å². The number of pyridine rings is 1. The van der Waals surface area contributed by atoms with Gasteiger partial charge in [0.1, 0.15) is 0 Å². The predicted octanol–water partition coefficient (Wildman–Crippen LogP) is 5.65. The first kappa shape index (κ1) is 18.4. The van der Waals surface area contributed by atoms with Crippen LogP contribution in [0, 0.1) is 11.8 Å². The molecule has 1 atom stereocenters. The quantitative estimate of drug-likeness (QED) is 0.582. The summed E-state index contributed by atoms with van der Waals surface area (Å²) in [6.07, 6.45) is 6.42. The van der Waals surface area contributed by atoms with E-state index >= 15 is 0 Å². The zero-order chi connectivity index (χ0) is 19.8. The summed E-state index contributed by atoms with van der Waals surface area (Å²) in [7, 11) is 0. The molecule has 1 aliphatic carbocycles. The molecule has 3 heteroatoms. The molecule has 1 amide bonds. The minimum Gasteiger partial charge on any atom is -0.342 e. The minimum atomic E-state index is 0.348. The van der Waals surface area contributed by atoms with Crippen molar-refractivity contribution in [3.63, 3.8) is 0 Å². The van der Waals surface area contributed by atoms with Crippen molar-refractivity contribution in [1.29, 1.82) is 0 Å². The van der Waals surface area contributed by atoms with Crippen molar-refractivity contribution in [2.24, 2.45) is 11.8 Å². The van der Waals surface area contributed by atoms with E-state index in [1.807, 2.05) is 18.3 Å². The van der Waals surface area contributed by atoms with Gasteiger partial charge in [0.2, 0.25) is 5.91 Å². The summed E-state index contributed by atoms with van der Waals surface area (Å²) in [6.45, 7) is 4.21. The average Bonchev–Trinajstić information content (AvgIpc) is 3.63. The summed E-state index contributed by atoms with van der Waals surface area (Å²) in [5.74, 6) is 1.94. The number of amides is 1. The van der Waals surface area contributed by atoms with Crippen LogP contribution in [0.15, 0.2) is 60.8 Å². The highest BCUT2D eigenvalue weighted by Crippen LogP contribution is 2.36. The molecule has 1 saturated carbocycles. The zero-order valence-corrected chi connectivity index (χ0v) is 17.1. The lowest BCUT2D eigenvalue weighted by molar-refractivity contribution is -0.134. The number of para-hydroxylation sites is 1. The summed E-state index contributed by atoms with van der Waals surface area (Å²) in [5, 5.41) is 1.18. The van der Waals surface area contributed by atoms with Crippen LogP contribution in [0.4, 0.5) is 0 Å². The molecular formula is C26H28N2O. The third-order valence-electron chi connectivity index (χ3n) is 6.85. The largest absolute Gasteiger partial charge is 0.342 e. The fourth-order valence-corrected chi connectivity index (χ4v) is 4.69. The van der Waals surface area contributed by atoms with Crippen LogP contribution in [-0.4, -0.2) is 28.9 Å². The van der Waals surface area contributed by atoms with E-state index in [4.69, 9.17) is 0 Å². The normalized spacial score (nSPS) is 18.7. The summed E-state index contributed by atoms with van der Waals surface area (Å²) in [6, 6.07) is 19.5. The molecule has 5 rings (SSSR count). The molecule has 2 aliphatic rings. The fourth-order valence-electron chi connectivity index (χ4n) is 4.69. The maximum atomic E-state index is 12.3. The van der Waals surface area contributed by atoms with Crippen molar-refractivity contribution in [2.75, 3.05) is 13.1 Å². The molecule has 3 aromatic rings. The molecule has 2 fully saturated rings. The van der Waals surface area contributed by atoms with Gasteiger partial charge in [-0.15, -0.1) is 0 Å². The van der Waals surface area contributed by atoms with Crippen LogP contribution in [-0.2, 0) is 4.79 Å². The molecule has 1 saturated heterocycles. The molecule has 0 N–H and O–H groups in total. The van der Waals surface area contributed by atoms with E-state index in [9.17, 15) is 4.79 Å². The number of likely N-dealkylation sites (tertiary alicyclic amines) is 1. The van der Waals surface area contributed by atoms with E-state index in [1.165, 1.54) is 16.5 Å². The number of carbonyl (C=O) groups is 1. The van der Waals surface area contributed by atoms with Crippen LogP contribution in [0.25, 0.3) is 22.0 Å². The van der Waals surface area contributed by atoms with E-state index in [1.54, 1.807) is 0 Å². The number of fused-ring (bicyclic) bond motifs is 1. The second kappa shape index (κ2) is 7.62. The molecular weight excluding hydrogens is 356 g/mol. The van der Waals surface area contributed by atoms with Gasteiger partial charge in [-0.1, -0.05) is 49.4 Å². The fraction of sp³-hybridized carbons (Fsp3) is 0.385. The van der Waals surface area contributed by atoms with E-state index < -0.39 is 0 Å². The number of hydrogen-bond donors (Lipinski definition) is 0. The van der Waals surface area contributed by atoms with E-state index in [0.29, 0.717) is 23.7 Å². The van der Waals surface area contributed by atoms with Gasteiger partial charge in [-0.05, 0) is 60.8 Å². The predicted molar refractivity (Wildman–Crippen MR) is 118 cm³/mol. The van der Waals surface area contributed by atoms with Crippen LogP contribution >= 0.6 is 0 Å². The first-order chi connectivity index (χ1) is 14.2. The van der Waals surface area contributed by atoms with E-state index in [2.05, 4.69) is 59.3 Å². The molecule has 1 unspecified atom stereocenters. The molecule has 0 radical (unpaired) electrons. The Kier molecular flexibility index (Phi) is 4.83. The van der Waals surface area contributed by atoms with Crippen LogP contribution in [0.3, 0.4) is 0 Å². The summed E-state index contributed by atoms with van der Waals surface area (Å²) < 4.78 is 0. The van der Waals surface area contributed by atoms with Gasteiger partial charge < -0.3 is 4.90 Å². The van der Waals surface area contributed by atoms with Crippen molar-refractivity contribution >= 4 is 16.8 Å². The highest BCUT2D eigenvalue weighted by Gasteiger charge is 2.35. The third-order valence-corrected chi connectivity index (χ3v) is 6.85. The lowest BCUT2D eigenvalue weighted by Crippen LogP contribution is -2.40. The minimum absolute atomic E-state index is 0.348. The van der Waals surface area contributed by atoms with Crippen molar-refractivity contribution < 1.29 is 4.79 Å². The van der Waals surface area contributed by atoms with Gasteiger partial charge in [0.05, 0.1) is 5.52 Å². The van der Waals surface area contributed by atoms with Crippen LogP contribution in [0.1, 0.15) is 44.1 Å². The third kappa shape index (κ3) is 3.78. The van der Waals surface area contributed by atoms with Crippen LogP contribution < -0.4 is 0 Å². The van der Waals surface area contributed by atoms with Gasteiger partial charge >= 0.3 is 0 Å². The Hall–Kier alpha value is -2.68. The zero-order valence-electron chi connectivity index (χ0n) is 17.1. The standard InChI is InChI=1S/C26H28N2O/c1-18(20-12-14-28(15-13-20)26(29)22-10-11-22)19-6-8-21(9-7-19)24-16-23-4-2-3-5-25(23)27-17-24/h2-9,16-18,20,22H,10-15H2,1H3. The Morgan fingerprint density at radius 1 is 0.966 bits per heavy atom. The smallest absolute Gasteiger partial charge is 0.225 e. The van der Waals surface area contributed by atoms with Gasteiger partial charge in [-0.3, -0.25) is 9.78 Å². The molecule has 29 heavy (non-hydrogen) atoms. The molecule has 2 heterocycles. The molecule has 0 bridgehead atoms. The topological polar surface area (TPSA) is 33.2 Å². The lowest BCUT2D eigenvalue weighted by atomic mass is 9.81. The Morgan fingerprint density at radius 2 is 1.69 bits per heavy atom. The summed E-state index contributed by atoms with van der Waals surface area (Å²) in [4.78, 5) is 19.0. The molecule has 148 valence electrons. The first-order valence-corrected chi connectivity index (χ1v) is 10.9. The molecule has 1 aromatic heterocycles. The SMILES string of the molecule is CC(c1ccc(-c2cnc3ccccc3c2)cc1)C1CCN(C(=O)C2CC2)CC1. The second-order valence-electron chi connectivity index (χ2n) is 8.76. The van der Waals surface area contributed by atoms with Gasteiger partial charge in [-0.25, -0.2) is 0 Å². The highest BCUT2D eigenvalue weighted by molar-refractivity contribution is 5.83. The molecule has 3 nitrogen and oxygen atoms in total. The Balaban J connectivity index is 1.26. The molecule has 0 spiro atoms. The van der Waals surface area contributed by atoms with Crippen LogP contribution in [0.5, 0.6) is 0 Å². The monoisotopic (exact) mass is 384 g/mol. The van der Waals surface area contributed by atoms with Crippen molar-refractivity contribution in [3.8, 4) is 11.1 Å². The number of nitrogens with zero attached hydrogens (tertiary/aromatic N) is 2. The highest BCUT2D eigenvalue weighted by atomic mass is 16.2.